The first-order valence-corrected chi connectivity index (χ1v) is 8.90. The summed E-state index contributed by atoms with van der Waals surface area (Å²) in [6.45, 7) is 3.21. The van der Waals surface area contributed by atoms with Crippen LogP contribution in [0, 0.1) is 0 Å². The van der Waals surface area contributed by atoms with Crippen molar-refractivity contribution in [2.75, 3.05) is 7.11 Å². The Hall–Kier alpha value is -2.95. The van der Waals surface area contributed by atoms with Crippen molar-refractivity contribution in [3.05, 3.63) is 59.8 Å². The van der Waals surface area contributed by atoms with Crippen LogP contribution in [0.25, 0.3) is 10.9 Å². The molecule has 4 rings (SSSR count). The zero-order valence-electron chi connectivity index (χ0n) is 15.0. The van der Waals surface area contributed by atoms with Gasteiger partial charge >= 0.3 is 0 Å². The zero-order chi connectivity index (χ0) is 18.1. The van der Waals surface area contributed by atoms with E-state index in [0.29, 0.717) is 18.8 Å². The van der Waals surface area contributed by atoms with E-state index in [1.165, 1.54) is 0 Å². The molecule has 0 saturated carbocycles. The highest BCUT2D eigenvalue weighted by Gasteiger charge is 2.25. The number of hydrogen-bond acceptors (Lipinski definition) is 3. The van der Waals surface area contributed by atoms with E-state index >= 15 is 0 Å². The lowest BCUT2D eigenvalue weighted by Gasteiger charge is -2.26. The van der Waals surface area contributed by atoms with Gasteiger partial charge in [-0.3, -0.25) is 4.79 Å². The molecule has 1 amide bonds. The maximum Gasteiger partial charge on any atom is 0.268 e. The maximum atomic E-state index is 12.9. The van der Waals surface area contributed by atoms with Gasteiger partial charge in [0.2, 0.25) is 0 Å². The first kappa shape index (κ1) is 16.5. The average molecular weight is 350 g/mol. The van der Waals surface area contributed by atoms with E-state index in [4.69, 9.17) is 9.47 Å². The number of nitrogens with one attached hydrogen (secondary N) is 1. The van der Waals surface area contributed by atoms with Crippen molar-refractivity contribution in [1.82, 2.24) is 9.88 Å². The molecular formula is C21H22N2O3. The van der Waals surface area contributed by atoms with Crippen LogP contribution in [-0.2, 0) is 13.1 Å². The third-order valence-electron chi connectivity index (χ3n) is 4.88. The van der Waals surface area contributed by atoms with Gasteiger partial charge in [-0.25, -0.2) is 0 Å². The number of carbonyl (C=O) groups is 1. The minimum absolute atomic E-state index is 0.0845. The van der Waals surface area contributed by atoms with Crippen molar-refractivity contribution in [2.45, 2.75) is 32.5 Å². The van der Waals surface area contributed by atoms with Gasteiger partial charge < -0.3 is 19.4 Å². The third-order valence-corrected chi connectivity index (χ3v) is 4.88. The molecule has 26 heavy (non-hydrogen) atoms. The first-order chi connectivity index (χ1) is 12.7. The molecule has 5 heteroatoms. The standard InChI is InChI=1S/C21H22N2O3/c1-3-16-13-23-17(11-14-8-6-10-19(26-16)20(14)23)21(24)22-12-15-7-4-5-9-18(15)25-2/h4-11,16H,3,12-13H2,1-2H3,(H,22,24)/t16-/m0/s1. The highest BCUT2D eigenvalue weighted by Crippen LogP contribution is 2.34. The smallest absolute Gasteiger partial charge is 0.268 e. The Morgan fingerprint density at radius 2 is 2.12 bits per heavy atom. The van der Waals surface area contributed by atoms with E-state index in [0.717, 1.165) is 34.4 Å². The van der Waals surface area contributed by atoms with Gasteiger partial charge in [-0.2, -0.15) is 0 Å². The summed E-state index contributed by atoms with van der Waals surface area (Å²) in [5.41, 5.74) is 2.62. The lowest BCUT2D eigenvalue weighted by Crippen LogP contribution is -2.31. The number of aromatic nitrogens is 1. The van der Waals surface area contributed by atoms with E-state index in [-0.39, 0.29) is 12.0 Å². The molecule has 0 saturated heterocycles. The number of nitrogens with zero attached hydrogens (tertiary/aromatic N) is 1. The van der Waals surface area contributed by atoms with Crippen LogP contribution >= 0.6 is 0 Å². The summed E-state index contributed by atoms with van der Waals surface area (Å²) >= 11 is 0. The molecule has 0 aliphatic carbocycles. The number of carbonyl (C=O) groups excluding carboxylic acids is 1. The van der Waals surface area contributed by atoms with Crippen LogP contribution in [0.4, 0.5) is 0 Å². The largest absolute Gasteiger partial charge is 0.496 e. The van der Waals surface area contributed by atoms with Crippen LogP contribution in [0.1, 0.15) is 29.4 Å². The van der Waals surface area contributed by atoms with Crippen LogP contribution in [0.5, 0.6) is 11.5 Å². The van der Waals surface area contributed by atoms with Gasteiger partial charge in [0.15, 0.2) is 0 Å². The highest BCUT2D eigenvalue weighted by atomic mass is 16.5. The lowest BCUT2D eigenvalue weighted by molar-refractivity contribution is 0.0935. The van der Waals surface area contributed by atoms with Gasteiger partial charge in [0.25, 0.3) is 5.91 Å². The van der Waals surface area contributed by atoms with Crippen molar-refractivity contribution in [1.29, 1.82) is 0 Å². The minimum Gasteiger partial charge on any atom is -0.496 e. The molecule has 2 heterocycles. The number of hydrogen-bond donors (Lipinski definition) is 1. The molecule has 1 aliphatic rings. The van der Waals surface area contributed by atoms with E-state index in [9.17, 15) is 4.79 Å². The van der Waals surface area contributed by atoms with Crippen LogP contribution in [-0.4, -0.2) is 23.7 Å². The molecule has 0 bridgehead atoms. The van der Waals surface area contributed by atoms with Crippen molar-refractivity contribution in [3.63, 3.8) is 0 Å². The predicted octanol–water partition coefficient (Wildman–Crippen LogP) is 3.75. The zero-order valence-corrected chi connectivity index (χ0v) is 15.0. The summed E-state index contributed by atoms with van der Waals surface area (Å²) in [5, 5.41) is 4.05. The number of rotatable bonds is 5. The van der Waals surface area contributed by atoms with E-state index < -0.39 is 0 Å². The van der Waals surface area contributed by atoms with Gasteiger partial charge in [0.05, 0.1) is 19.2 Å². The summed E-state index contributed by atoms with van der Waals surface area (Å²) < 4.78 is 13.5. The monoisotopic (exact) mass is 350 g/mol. The Morgan fingerprint density at radius 3 is 2.92 bits per heavy atom. The van der Waals surface area contributed by atoms with Crippen molar-refractivity contribution in [3.8, 4) is 11.5 Å². The number of para-hydroxylation sites is 2. The van der Waals surface area contributed by atoms with Gasteiger partial charge in [-0.05, 0) is 24.6 Å². The molecule has 1 N–H and O–H groups in total. The molecule has 0 spiro atoms. The molecule has 1 aromatic heterocycles. The second kappa shape index (κ2) is 6.75. The van der Waals surface area contributed by atoms with E-state index in [1.54, 1.807) is 7.11 Å². The van der Waals surface area contributed by atoms with Crippen LogP contribution < -0.4 is 14.8 Å². The summed E-state index contributed by atoms with van der Waals surface area (Å²) in [6.07, 6.45) is 0.984. The van der Waals surface area contributed by atoms with Gasteiger partial charge in [-0.15, -0.1) is 0 Å². The Morgan fingerprint density at radius 1 is 1.27 bits per heavy atom. The number of ether oxygens (including phenoxy) is 2. The maximum absolute atomic E-state index is 12.9. The molecule has 0 radical (unpaired) electrons. The van der Waals surface area contributed by atoms with E-state index in [2.05, 4.69) is 16.8 Å². The molecule has 5 nitrogen and oxygen atoms in total. The SMILES string of the molecule is CC[C@H]1Cn2c(C(=O)NCc3ccccc3OC)cc3cccc(c32)O1. The molecule has 1 atom stereocenters. The second-order valence-electron chi connectivity index (χ2n) is 6.48. The number of methoxy groups -OCH3 is 1. The fourth-order valence-corrected chi connectivity index (χ4v) is 3.51. The highest BCUT2D eigenvalue weighted by molar-refractivity contribution is 6.00. The molecular weight excluding hydrogens is 328 g/mol. The summed E-state index contributed by atoms with van der Waals surface area (Å²) in [4.78, 5) is 12.9. The Balaban J connectivity index is 1.63. The predicted molar refractivity (Wildman–Crippen MR) is 101 cm³/mol. The molecule has 1 aliphatic heterocycles. The second-order valence-corrected chi connectivity index (χ2v) is 6.48. The van der Waals surface area contributed by atoms with E-state index in [1.807, 2.05) is 48.5 Å². The van der Waals surface area contributed by atoms with Gasteiger partial charge in [0.1, 0.15) is 23.3 Å². The Labute approximate surface area is 152 Å². The Bertz CT molecular complexity index is 961. The summed E-state index contributed by atoms with van der Waals surface area (Å²) in [7, 11) is 1.64. The average Bonchev–Trinajstić information content (AvgIpc) is 3.06. The normalized spacial score (nSPS) is 15.5. The van der Waals surface area contributed by atoms with Crippen LogP contribution in [0.15, 0.2) is 48.5 Å². The van der Waals surface area contributed by atoms with Gasteiger partial charge in [0, 0.05) is 17.5 Å². The summed E-state index contributed by atoms with van der Waals surface area (Å²) in [6, 6.07) is 15.6. The molecule has 0 unspecified atom stereocenters. The Kier molecular flexibility index (Phi) is 4.29. The topological polar surface area (TPSA) is 52.5 Å². The van der Waals surface area contributed by atoms with Crippen molar-refractivity contribution >= 4 is 16.8 Å². The fraction of sp³-hybridized carbons (Fsp3) is 0.286. The molecule has 2 aromatic carbocycles. The number of benzene rings is 2. The molecule has 134 valence electrons. The van der Waals surface area contributed by atoms with Gasteiger partial charge in [-0.1, -0.05) is 37.3 Å². The summed E-state index contributed by atoms with van der Waals surface area (Å²) in [5.74, 6) is 1.54. The lowest BCUT2D eigenvalue weighted by atomic mass is 10.2. The van der Waals surface area contributed by atoms with Crippen molar-refractivity contribution < 1.29 is 14.3 Å². The molecule has 3 aromatic rings. The van der Waals surface area contributed by atoms with Crippen LogP contribution in [0.3, 0.4) is 0 Å². The van der Waals surface area contributed by atoms with Crippen molar-refractivity contribution in [2.24, 2.45) is 0 Å². The minimum atomic E-state index is -0.0881. The number of amides is 1. The fourth-order valence-electron chi connectivity index (χ4n) is 3.51. The van der Waals surface area contributed by atoms with Crippen LogP contribution in [0.2, 0.25) is 0 Å². The quantitative estimate of drug-likeness (QED) is 0.762. The third kappa shape index (κ3) is 2.79. The first-order valence-electron chi connectivity index (χ1n) is 8.90. The molecule has 0 fully saturated rings.